The highest BCUT2D eigenvalue weighted by atomic mass is 127. The van der Waals surface area contributed by atoms with E-state index in [-0.39, 0.29) is 5.91 Å². The van der Waals surface area contributed by atoms with Crippen molar-refractivity contribution in [2.75, 3.05) is 7.05 Å². The average molecular weight is 291 g/mol. The molecule has 70 valence electrons. The summed E-state index contributed by atoms with van der Waals surface area (Å²) in [6.45, 7) is 1.85. The summed E-state index contributed by atoms with van der Waals surface area (Å²) < 4.78 is 1.08. The van der Waals surface area contributed by atoms with E-state index in [2.05, 4.69) is 22.6 Å². The molecule has 13 heavy (non-hydrogen) atoms. The maximum atomic E-state index is 11.4. The molecule has 0 unspecified atom stereocenters. The van der Waals surface area contributed by atoms with Crippen LogP contribution in [0.1, 0.15) is 15.9 Å². The molecule has 1 N–H and O–H groups in total. The third-order valence-corrected chi connectivity index (χ3v) is 2.38. The number of benzene rings is 1. The fourth-order valence-corrected chi connectivity index (χ4v) is 1.69. The summed E-state index contributed by atoms with van der Waals surface area (Å²) in [6.07, 6.45) is 0. The van der Waals surface area contributed by atoms with Crippen LogP contribution in [-0.2, 0) is 0 Å². The van der Waals surface area contributed by atoms with Gasteiger partial charge in [0.15, 0.2) is 0 Å². The molecule has 0 atom stereocenters. The molecule has 0 saturated carbocycles. The molecule has 0 aliphatic carbocycles. The van der Waals surface area contributed by atoms with Crippen molar-refractivity contribution in [1.82, 2.24) is 5.06 Å². The Kier molecular flexibility index (Phi) is 3.27. The lowest BCUT2D eigenvalue weighted by Gasteiger charge is -2.10. The molecular weight excluding hydrogens is 281 g/mol. The lowest BCUT2D eigenvalue weighted by atomic mass is 10.1. The summed E-state index contributed by atoms with van der Waals surface area (Å²) in [5.41, 5.74) is 1.41. The minimum absolute atomic E-state index is 0.381. The number of carbonyl (C=O) groups excluding carboxylic acids is 1. The number of rotatable bonds is 1. The van der Waals surface area contributed by atoms with Crippen LogP contribution in [0, 0.1) is 10.5 Å². The summed E-state index contributed by atoms with van der Waals surface area (Å²) in [5.74, 6) is -0.381. The molecule has 0 heterocycles. The highest BCUT2D eigenvalue weighted by molar-refractivity contribution is 14.1. The third-order valence-electron chi connectivity index (χ3n) is 1.71. The van der Waals surface area contributed by atoms with E-state index in [1.165, 1.54) is 7.05 Å². The summed E-state index contributed by atoms with van der Waals surface area (Å²) in [6, 6.07) is 5.45. The van der Waals surface area contributed by atoms with Crippen LogP contribution in [0.5, 0.6) is 0 Å². The standard InChI is InChI=1S/C9H10INO2/c1-6-5-7(10)3-4-8(6)9(12)11(2)13/h3-5,13H,1-2H3. The predicted octanol–water partition coefficient (Wildman–Crippen LogP) is 2.06. The van der Waals surface area contributed by atoms with Gasteiger partial charge >= 0.3 is 0 Å². The van der Waals surface area contributed by atoms with Crippen molar-refractivity contribution in [3.63, 3.8) is 0 Å². The highest BCUT2D eigenvalue weighted by Gasteiger charge is 2.11. The van der Waals surface area contributed by atoms with Crippen LogP contribution in [0.15, 0.2) is 18.2 Å². The van der Waals surface area contributed by atoms with Crippen molar-refractivity contribution in [3.05, 3.63) is 32.9 Å². The van der Waals surface area contributed by atoms with Gasteiger partial charge in [0.1, 0.15) is 0 Å². The Morgan fingerprint density at radius 1 is 1.54 bits per heavy atom. The van der Waals surface area contributed by atoms with Crippen LogP contribution in [0.25, 0.3) is 0 Å². The first kappa shape index (κ1) is 10.5. The smallest absolute Gasteiger partial charge is 0.277 e. The Bertz CT molecular complexity index is 336. The van der Waals surface area contributed by atoms with Gasteiger partial charge in [-0.3, -0.25) is 10.0 Å². The van der Waals surface area contributed by atoms with E-state index in [1.54, 1.807) is 6.07 Å². The number of hydrogen-bond donors (Lipinski definition) is 1. The van der Waals surface area contributed by atoms with Crippen LogP contribution < -0.4 is 0 Å². The summed E-state index contributed by atoms with van der Waals surface area (Å²) in [4.78, 5) is 11.4. The van der Waals surface area contributed by atoms with Crippen molar-refractivity contribution in [3.8, 4) is 0 Å². The van der Waals surface area contributed by atoms with Gasteiger partial charge in [-0.25, -0.2) is 5.06 Å². The van der Waals surface area contributed by atoms with Gasteiger partial charge < -0.3 is 0 Å². The Hall–Kier alpha value is -0.620. The van der Waals surface area contributed by atoms with Gasteiger partial charge in [-0.05, 0) is 53.3 Å². The monoisotopic (exact) mass is 291 g/mol. The van der Waals surface area contributed by atoms with Crippen molar-refractivity contribution in [1.29, 1.82) is 0 Å². The van der Waals surface area contributed by atoms with Crippen LogP contribution in [0.3, 0.4) is 0 Å². The first-order chi connectivity index (χ1) is 6.02. The SMILES string of the molecule is Cc1cc(I)ccc1C(=O)N(C)O. The van der Waals surface area contributed by atoms with E-state index in [1.807, 2.05) is 19.1 Å². The number of hydrogen-bond acceptors (Lipinski definition) is 2. The zero-order valence-corrected chi connectivity index (χ0v) is 9.57. The van der Waals surface area contributed by atoms with E-state index in [9.17, 15) is 4.79 Å². The van der Waals surface area contributed by atoms with Gasteiger partial charge in [-0.15, -0.1) is 0 Å². The topological polar surface area (TPSA) is 40.5 Å². The van der Waals surface area contributed by atoms with E-state index in [0.717, 1.165) is 9.13 Å². The molecule has 3 nitrogen and oxygen atoms in total. The van der Waals surface area contributed by atoms with E-state index in [0.29, 0.717) is 10.6 Å². The molecule has 0 fully saturated rings. The number of amides is 1. The van der Waals surface area contributed by atoms with Gasteiger partial charge in [-0.1, -0.05) is 0 Å². The van der Waals surface area contributed by atoms with Crippen molar-refractivity contribution < 1.29 is 10.0 Å². The van der Waals surface area contributed by atoms with Gasteiger partial charge in [0.2, 0.25) is 0 Å². The van der Waals surface area contributed by atoms with Crippen molar-refractivity contribution in [2.45, 2.75) is 6.92 Å². The van der Waals surface area contributed by atoms with Crippen molar-refractivity contribution in [2.24, 2.45) is 0 Å². The molecule has 0 saturated heterocycles. The zero-order valence-electron chi connectivity index (χ0n) is 7.41. The fraction of sp³-hybridized carbons (Fsp3) is 0.222. The Balaban J connectivity index is 3.09. The molecule has 0 aliphatic heterocycles. The lowest BCUT2D eigenvalue weighted by Crippen LogP contribution is -2.23. The molecule has 0 spiro atoms. The number of nitrogens with zero attached hydrogens (tertiary/aromatic N) is 1. The van der Waals surface area contributed by atoms with Crippen LogP contribution in [-0.4, -0.2) is 23.2 Å². The van der Waals surface area contributed by atoms with Crippen LogP contribution >= 0.6 is 22.6 Å². The number of hydroxylamine groups is 2. The lowest BCUT2D eigenvalue weighted by molar-refractivity contribution is -0.0375. The molecule has 4 heteroatoms. The second-order valence-corrected chi connectivity index (χ2v) is 4.03. The maximum Gasteiger partial charge on any atom is 0.277 e. The third kappa shape index (κ3) is 2.41. The van der Waals surface area contributed by atoms with Gasteiger partial charge in [0.25, 0.3) is 5.91 Å². The van der Waals surface area contributed by atoms with Gasteiger partial charge in [0, 0.05) is 16.2 Å². The van der Waals surface area contributed by atoms with Crippen molar-refractivity contribution >= 4 is 28.5 Å². The predicted molar refractivity (Wildman–Crippen MR) is 57.8 cm³/mol. The molecule has 1 rings (SSSR count). The Morgan fingerprint density at radius 3 is 2.62 bits per heavy atom. The first-order valence-corrected chi connectivity index (χ1v) is 4.83. The molecule has 0 radical (unpaired) electrons. The fourth-order valence-electron chi connectivity index (χ4n) is 1.04. The van der Waals surface area contributed by atoms with E-state index >= 15 is 0 Å². The average Bonchev–Trinajstić information content (AvgIpc) is 2.03. The minimum atomic E-state index is -0.381. The summed E-state index contributed by atoms with van der Waals surface area (Å²) in [7, 11) is 1.32. The second-order valence-electron chi connectivity index (χ2n) is 2.79. The Morgan fingerprint density at radius 2 is 2.15 bits per heavy atom. The van der Waals surface area contributed by atoms with E-state index in [4.69, 9.17) is 5.21 Å². The summed E-state index contributed by atoms with van der Waals surface area (Å²) in [5, 5.41) is 9.54. The largest absolute Gasteiger partial charge is 0.286 e. The van der Waals surface area contributed by atoms with Crippen LogP contribution in [0.2, 0.25) is 0 Å². The molecule has 1 amide bonds. The normalized spacial score (nSPS) is 9.85. The quantitative estimate of drug-likeness (QED) is 0.489. The first-order valence-electron chi connectivity index (χ1n) is 3.75. The molecule has 1 aromatic carbocycles. The molecule has 0 bridgehead atoms. The maximum absolute atomic E-state index is 11.4. The number of carbonyl (C=O) groups is 1. The molecular formula is C9H10INO2. The van der Waals surface area contributed by atoms with E-state index < -0.39 is 0 Å². The van der Waals surface area contributed by atoms with Gasteiger partial charge in [-0.2, -0.15) is 0 Å². The zero-order chi connectivity index (χ0) is 10.0. The van der Waals surface area contributed by atoms with Crippen LogP contribution in [0.4, 0.5) is 0 Å². The number of aryl methyl sites for hydroxylation is 1. The second kappa shape index (κ2) is 4.06. The molecule has 1 aromatic rings. The number of halogens is 1. The molecule has 0 aliphatic rings. The highest BCUT2D eigenvalue weighted by Crippen LogP contribution is 2.13. The summed E-state index contributed by atoms with van der Waals surface area (Å²) >= 11 is 2.18. The molecule has 0 aromatic heterocycles. The Labute approximate surface area is 90.5 Å². The van der Waals surface area contributed by atoms with Gasteiger partial charge in [0.05, 0.1) is 0 Å². The minimum Gasteiger partial charge on any atom is -0.286 e.